The molecule has 1 aromatic carbocycles. The number of rotatable bonds is 7. The molecule has 5 heteroatoms. The van der Waals surface area contributed by atoms with Gasteiger partial charge >= 0.3 is 0 Å². The topological polar surface area (TPSA) is 50.4 Å². The third kappa shape index (κ3) is 3.94. The van der Waals surface area contributed by atoms with Crippen LogP contribution >= 0.6 is 0 Å². The minimum absolute atomic E-state index is 0.122. The van der Waals surface area contributed by atoms with Crippen LogP contribution in [0.3, 0.4) is 0 Å². The van der Waals surface area contributed by atoms with Crippen molar-refractivity contribution in [2.75, 3.05) is 18.5 Å². The molecule has 0 radical (unpaired) electrons. The summed E-state index contributed by atoms with van der Waals surface area (Å²) in [6.07, 6.45) is 2.76. The van der Waals surface area contributed by atoms with E-state index in [0.29, 0.717) is 18.7 Å². The van der Waals surface area contributed by atoms with Gasteiger partial charge in [-0.05, 0) is 38.3 Å². The molecule has 0 bridgehead atoms. The third-order valence-corrected chi connectivity index (χ3v) is 3.64. The molecule has 1 aliphatic carbocycles. The molecule has 0 heterocycles. The van der Waals surface area contributed by atoms with Gasteiger partial charge in [-0.25, -0.2) is 4.39 Å². The number of anilines is 1. The predicted molar refractivity (Wildman–Crippen MR) is 81.1 cm³/mol. The van der Waals surface area contributed by atoms with Gasteiger partial charge in [-0.2, -0.15) is 0 Å². The summed E-state index contributed by atoms with van der Waals surface area (Å²) in [5, 5.41) is 5.93. The van der Waals surface area contributed by atoms with Crippen LogP contribution in [-0.2, 0) is 4.74 Å². The van der Waals surface area contributed by atoms with E-state index in [9.17, 15) is 9.18 Å². The Morgan fingerprint density at radius 2 is 2.14 bits per heavy atom. The Kier molecular flexibility index (Phi) is 5.56. The SMILES string of the molecule is CCCNc1c(F)cccc1C(=O)NC1CC(OCC)C1. The molecular weight excluding hydrogens is 271 g/mol. The summed E-state index contributed by atoms with van der Waals surface area (Å²) >= 11 is 0. The number of carbonyl (C=O) groups excluding carboxylic acids is 1. The highest BCUT2D eigenvalue weighted by atomic mass is 19.1. The number of hydrogen-bond acceptors (Lipinski definition) is 3. The largest absolute Gasteiger partial charge is 0.382 e. The Hall–Kier alpha value is -1.62. The van der Waals surface area contributed by atoms with Gasteiger partial charge in [0.05, 0.1) is 17.4 Å². The van der Waals surface area contributed by atoms with Crippen molar-refractivity contribution in [1.29, 1.82) is 0 Å². The zero-order valence-electron chi connectivity index (χ0n) is 12.6. The number of amides is 1. The lowest BCUT2D eigenvalue weighted by Crippen LogP contribution is -2.47. The summed E-state index contributed by atoms with van der Waals surface area (Å²) in [5.41, 5.74) is 0.654. The quantitative estimate of drug-likeness (QED) is 0.813. The average molecular weight is 294 g/mol. The number of hydrogen-bond donors (Lipinski definition) is 2. The molecule has 21 heavy (non-hydrogen) atoms. The van der Waals surface area contributed by atoms with Crippen molar-refractivity contribution < 1.29 is 13.9 Å². The summed E-state index contributed by atoms with van der Waals surface area (Å²) in [4.78, 5) is 12.3. The third-order valence-electron chi connectivity index (χ3n) is 3.64. The van der Waals surface area contributed by atoms with Crippen LogP contribution < -0.4 is 10.6 Å². The Labute approximate surface area is 125 Å². The van der Waals surface area contributed by atoms with Gasteiger partial charge in [-0.1, -0.05) is 13.0 Å². The summed E-state index contributed by atoms with van der Waals surface area (Å²) < 4.78 is 19.3. The number of para-hydroxylation sites is 1. The Morgan fingerprint density at radius 3 is 2.81 bits per heavy atom. The smallest absolute Gasteiger partial charge is 0.253 e. The molecule has 1 aliphatic rings. The van der Waals surface area contributed by atoms with Crippen LogP contribution in [-0.4, -0.2) is 31.2 Å². The highest BCUT2D eigenvalue weighted by Gasteiger charge is 2.31. The lowest BCUT2D eigenvalue weighted by Gasteiger charge is -2.35. The van der Waals surface area contributed by atoms with Crippen LogP contribution in [0.25, 0.3) is 0 Å². The van der Waals surface area contributed by atoms with Gasteiger partial charge in [0.1, 0.15) is 5.82 Å². The van der Waals surface area contributed by atoms with Crippen molar-refractivity contribution in [3.05, 3.63) is 29.6 Å². The summed E-state index contributed by atoms with van der Waals surface area (Å²) in [6.45, 7) is 5.29. The van der Waals surface area contributed by atoms with Gasteiger partial charge in [0.15, 0.2) is 0 Å². The molecule has 1 amide bonds. The van der Waals surface area contributed by atoms with E-state index in [2.05, 4.69) is 10.6 Å². The van der Waals surface area contributed by atoms with E-state index >= 15 is 0 Å². The van der Waals surface area contributed by atoms with Gasteiger partial charge in [-0.15, -0.1) is 0 Å². The number of halogens is 1. The highest BCUT2D eigenvalue weighted by Crippen LogP contribution is 2.25. The van der Waals surface area contributed by atoms with Gasteiger partial charge in [0.2, 0.25) is 0 Å². The second kappa shape index (κ2) is 7.41. The monoisotopic (exact) mass is 294 g/mol. The van der Waals surface area contributed by atoms with E-state index < -0.39 is 5.82 Å². The van der Waals surface area contributed by atoms with Crippen LogP contribution in [0.15, 0.2) is 18.2 Å². The molecule has 0 aliphatic heterocycles. The molecule has 0 aromatic heterocycles. The average Bonchev–Trinajstić information content (AvgIpc) is 2.43. The first-order chi connectivity index (χ1) is 10.2. The van der Waals surface area contributed by atoms with Gasteiger partial charge in [0.25, 0.3) is 5.91 Å². The number of nitrogens with one attached hydrogen (secondary N) is 2. The van der Waals surface area contributed by atoms with Crippen LogP contribution in [0.2, 0.25) is 0 Å². The zero-order valence-corrected chi connectivity index (χ0v) is 12.6. The van der Waals surface area contributed by atoms with Crippen molar-refractivity contribution in [3.8, 4) is 0 Å². The molecule has 1 aromatic rings. The molecular formula is C16H23FN2O2. The summed E-state index contributed by atoms with van der Waals surface area (Å²) in [5.74, 6) is -0.620. The van der Waals surface area contributed by atoms with Crippen LogP contribution in [0.1, 0.15) is 43.5 Å². The van der Waals surface area contributed by atoms with Gasteiger partial charge < -0.3 is 15.4 Å². The Morgan fingerprint density at radius 1 is 1.38 bits per heavy atom. The van der Waals surface area contributed by atoms with E-state index in [1.54, 1.807) is 12.1 Å². The number of carbonyl (C=O) groups is 1. The molecule has 1 saturated carbocycles. The van der Waals surface area contributed by atoms with Crippen molar-refractivity contribution in [1.82, 2.24) is 5.32 Å². The first kappa shape index (κ1) is 15.8. The molecule has 0 spiro atoms. The number of benzene rings is 1. The lowest BCUT2D eigenvalue weighted by atomic mass is 9.89. The molecule has 116 valence electrons. The minimum Gasteiger partial charge on any atom is -0.382 e. The standard InChI is InChI=1S/C16H23FN2O2/c1-3-8-18-15-13(6-5-7-14(15)17)16(20)19-11-9-12(10-11)21-4-2/h5-7,11-12,18H,3-4,8-10H2,1-2H3,(H,19,20). The fourth-order valence-electron chi connectivity index (χ4n) is 2.46. The van der Waals surface area contributed by atoms with Gasteiger partial charge in [0, 0.05) is 19.2 Å². The van der Waals surface area contributed by atoms with Crippen LogP contribution in [0.5, 0.6) is 0 Å². The molecule has 1 fully saturated rings. The van der Waals surface area contributed by atoms with Crippen LogP contribution in [0.4, 0.5) is 10.1 Å². The molecule has 2 N–H and O–H groups in total. The maximum Gasteiger partial charge on any atom is 0.253 e. The molecule has 0 unspecified atom stereocenters. The molecule has 2 rings (SSSR count). The van der Waals surface area contributed by atoms with E-state index in [1.165, 1.54) is 6.07 Å². The molecule has 0 saturated heterocycles. The highest BCUT2D eigenvalue weighted by molar-refractivity contribution is 5.99. The second-order valence-corrected chi connectivity index (χ2v) is 5.31. The van der Waals surface area contributed by atoms with E-state index in [-0.39, 0.29) is 23.7 Å². The van der Waals surface area contributed by atoms with Crippen molar-refractivity contribution >= 4 is 11.6 Å². The lowest BCUT2D eigenvalue weighted by molar-refractivity contribution is -0.00862. The van der Waals surface area contributed by atoms with E-state index in [4.69, 9.17) is 4.74 Å². The van der Waals surface area contributed by atoms with Crippen molar-refractivity contribution in [2.24, 2.45) is 0 Å². The van der Waals surface area contributed by atoms with Crippen molar-refractivity contribution in [3.63, 3.8) is 0 Å². The first-order valence-corrected chi connectivity index (χ1v) is 7.60. The fraction of sp³-hybridized carbons (Fsp3) is 0.562. The first-order valence-electron chi connectivity index (χ1n) is 7.60. The number of ether oxygens (including phenoxy) is 1. The maximum atomic E-state index is 13.9. The van der Waals surface area contributed by atoms with E-state index in [0.717, 1.165) is 19.3 Å². The van der Waals surface area contributed by atoms with Gasteiger partial charge in [-0.3, -0.25) is 4.79 Å². The summed E-state index contributed by atoms with van der Waals surface area (Å²) in [7, 11) is 0. The maximum absolute atomic E-state index is 13.9. The molecule has 4 nitrogen and oxygen atoms in total. The van der Waals surface area contributed by atoms with Crippen LogP contribution in [0, 0.1) is 5.82 Å². The molecule has 0 atom stereocenters. The minimum atomic E-state index is -0.392. The second-order valence-electron chi connectivity index (χ2n) is 5.31. The fourth-order valence-corrected chi connectivity index (χ4v) is 2.46. The van der Waals surface area contributed by atoms with Crippen molar-refractivity contribution in [2.45, 2.75) is 45.3 Å². The Balaban J connectivity index is 1.97. The summed E-state index contributed by atoms with van der Waals surface area (Å²) in [6, 6.07) is 4.69. The predicted octanol–water partition coefficient (Wildman–Crippen LogP) is 2.94. The Bertz CT molecular complexity index is 487. The van der Waals surface area contributed by atoms with E-state index in [1.807, 2.05) is 13.8 Å². The zero-order chi connectivity index (χ0) is 15.2. The normalized spacial score (nSPS) is 20.7.